The highest BCUT2D eigenvalue weighted by Crippen LogP contribution is 2.22. The number of piperidine rings is 1. The molecular weight excluding hydrogens is 327 g/mol. The predicted molar refractivity (Wildman–Crippen MR) is 93.3 cm³/mol. The Morgan fingerprint density at radius 3 is 2.83 bits per heavy atom. The quantitative estimate of drug-likeness (QED) is 0.836. The van der Waals surface area contributed by atoms with E-state index < -0.39 is 0 Å². The molecule has 2 aliphatic rings. The lowest BCUT2D eigenvalue weighted by Crippen LogP contribution is -2.49. The first-order valence-electron chi connectivity index (χ1n) is 8.52. The van der Waals surface area contributed by atoms with E-state index in [1.54, 1.807) is 11.0 Å². The lowest BCUT2D eigenvalue weighted by atomic mass is 9.95. The number of rotatable bonds is 4. The van der Waals surface area contributed by atoms with E-state index in [0.717, 1.165) is 30.2 Å². The van der Waals surface area contributed by atoms with E-state index in [9.17, 15) is 14.0 Å². The molecule has 1 unspecified atom stereocenters. The summed E-state index contributed by atoms with van der Waals surface area (Å²) in [7, 11) is 0. The summed E-state index contributed by atoms with van der Waals surface area (Å²) in [5.74, 6) is 1.96. The molecule has 2 aliphatic heterocycles. The largest absolute Gasteiger partial charge is 0.342 e. The molecule has 0 radical (unpaired) electrons. The summed E-state index contributed by atoms with van der Waals surface area (Å²) in [6.07, 6.45) is 1.70. The second-order valence-corrected chi connectivity index (χ2v) is 7.62. The van der Waals surface area contributed by atoms with E-state index in [4.69, 9.17) is 0 Å². The summed E-state index contributed by atoms with van der Waals surface area (Å²) >= 11 is 1.88. The van der Waals surface area contributed by atoms with Crippen molar-refractivity contribution < 1.29 is 14.0 Å². The molecule has 0 bridgehead atoms. The average Bonchev–Trinajstić information content (AvgIpc) is 2.61. The zero-order chi connectivity index (χ0) is 16.9. The standard InChI is InChI=1S/C18H23FN2O2S/c19-16-3-1-2-14(12-16)6-7-21-13-15(4-5-17(21)22)18(23)20-8-10-24-11-9-20/h1-3,12,15H,4-11,13H2. The number of amides is 2. The highest BCUT2D eigenvalue weighted by Gasteiger charge is 2.32. The molecule has 0 aliphatic carbocycles. The van der Waals surface area contributed by atoms with Gasteiger partial charge < -0.3 is 9.80 Å². The molecule has 6 heteroatoms. The zero-order valence-electron chi connectivity index (χ0n) is 13.7. The number of nitrogens with zero attached hydrogens (tertiary/aromatic N) is 2. The Morgan fingerprint density at radius 2 is 2.08 bits per heavy atom. The van der Waals surface area contributed by atoms with Gasteiger partial charge in [0, 0.05) is 44.1 Å². The molecule has 24 heavy (non-hydrogen) atoms. The van der Waals surface area contributed by atoms with E-state index in [1.165, 1.54) is 12.1 Å². The van der Waals surface area contributed by atoms with Crippen LogP contribution in [0.25, 0.3) is 0 Å². The summed E-state index contributed by atoms with van der Waals surface area (Å²) in [6.45, 7) is 2.67. The minimum absolute atomic E-state index is 0.0849. The fourth-order valence-corrected chi connectivity index (χ4v) is 4.23. The number of halogens is 1. The maximum Gasteiger partial charge on any atom is 0.227 e. The second-order valence-electron chi connectivity index (χ2n) is 6.39. The third kappa shape index (κ3) is 4.29. The van der Waals surface area contributed by atoms with Crippen LogP contribution in [0, 0.1) is 11.7 Å². The summed E-state index contributed by atoms with van der Waals surface area (Å²) < 4.78 is 13.3. The Labute approximate surface area is 146 Å². The first-order chi connectivity index (χ1) is 11.6. The molecule has 2 fully saturated rings. The van der Waals surface area contributed by atoms with Gasteiger partial charge in [-0.2, -0.15) is 11.8 Å². The number of hydrogen-bond donors (Lipinski definition) is 0. The summed E-state index contributed by atoms with van der Waals surface area (Å²) in [6, 6.07) is 6.47. The number of benzene rings is 1. The van der Waals surface area contributed by atoms with Gasteiger partial charge in [-0.15, -0.1) is 0 Å². The average molecular weight is 350 g/mol. The third-order valence-electron chi connectivity index (χ3n) is 4.73. The van der Waals surface area contributed by atoms with Crippen LogP contribution in [0.4, 0.5) is 4.39 Å². The molecular formula is C18H23FN2O2S. The van der Waals surface area contributed by atoms with Crippen LogP contribution in [0.2, 0.25) is 0 Å². The summed E-state index contributed by atoms with van der Waals surface area (Å²) in [4.78, 5) is 28.5. The molecule has 0 aromatic heterocycles. The van der Waals surface area contributed by atoms with Crippen molar-refractivity contribution in [1.82, 2.24) is 9.80 Å². The van der Waals surface area contributed by atoms with Gasteiger partial charge in [0.05, 0.1) is 5.92 Å². The van der Waals surface area contributed by atoms with Crippen molar-refractivity contribution in [3.63, 3.8) is 0 Å². The van der Waals surface area contributed by atoms with E-state index in [2.05, 4.69) is 0 Å². The monoisotopic (exact) mass is 350 g/mol. The van der Waals surface area contributed by atoms with Crippen LogP contribution in [0.15, 0.2) is 24.3 Å². The van der Waals surface area contributed by atoms with Gasteiger partial charge in [-0.1, -0.05) is 12.1 Å². The fraction of sp³-hybridized carbons (Fsp3) is 0.556. The molecule has 4 nitrogen and oxygen atoms in total. The van der Waals surface area contributed by atoms with Crippen LogP contribution in [0.5, 0.6) is 0 Å². The lowest BCUT2D eigenvalue weighted by Gasteiger charge is -2.36. The van der Waals surface area contributed by atoms with Gasteiger partial charge in [0.1, 0.15) is 5.82 Å². The first kappa shape index (κ1) is 17.3. The molecule has 0 saturated carbocycles. The van der Waals surface area contributed by atoms with Crippen LogP contribution in [0.3, 0.4) is 0 Å². The first-order valence-corrected chi connectivity index (χ1v) is 9.68. The Balaban J connectivity index is 1.56. The van der Waals surface area contributed by atoms with Gasteiger partial charge in [0.15, 0.2) is 0 Å². The van der Waals surface area contributed by atoms with E-state index in [0.29, 0.717) is 32.4 Å². The number of carbonyl (C=O) groups is 2. The maximum atomic E-state index is 13.3. The van der Waals surface area contributed by atoms with Crippen LogP contribution in [-0.4, -0.2) is 59.3 Å². The summed E-state index contributed by atoms with van der Waals surface area (Å²) in [5.41, 5.74) is 0.879. The fourth-order valence-electron chi connectivity index (χ4n) is 3.33. The molecule has 0 spiro atoms. The van der Waals surface area contributed by atoms with Crippen molar-refractivity contribution in [2.24, 2.45) is 5.92 Å². The Kier molecular flexibility index (Phi) is 5.76. The van der Waals surface area contributed by atoms with Crippen molar-refractivity contribution in [3.8, 4) is 0 Å². The van der Waals surface area contributed by atoms with Gasteiger partial charge in [-0.3, -0.25) is 9.59 Å². The molecule has 1 aromatic carbocycles. The molecule has 2 heterocycles. The molecule has 3 rings (SSSR count). The van der Waals surface area contributed by atoms with E-state index in [1.807, 2.05) is 22.7 Å². The molecule has 130 valence electrons. The topological polar surface area (TPSA) is 40.6 Å². The minimum atomic E-state index is -0.256. The highest BCUT2D eigenvalue weighted by molar-refractivity contribution is 7.99. The SMILES string of the molecule is O=C1CCC(C(=O)N2CCSCC2)CN1CCc1cccc(F)c1. The zero-order valence-corrected chi connectivity index (χ0v) is 14.6. The predicted octanol–water partition coefficient (Wildman–Crippen LogP) is 2.18. The second kappa shape index (κ2) is 8.01. The van der Waals surface area contributed by atoms with Gasteiger partial charge in [-0.05, 0) is 30.5 Å². The maximum absolute atomic E-state index is 13.3. The van der Waals surface area contributed by atoms with E-state index >= 15 is 0 Å². The van der Waals surface area contributed by atoms with Crippen molar-refractivity contribution in [2.75, 3.05) is 37.7 Å². The van der Waals surface area contributed by atoms with Crippen molar-refractivity contribution >= 4 is 23.6 Å². The summed E-state index contributed by atoms with van der Waals surface area (Å²) in [5, 5.41) is 0. The Hall–Kier alpha value is -1.56. The van der Waals surface area contributed by atoms with Gasteiger partial charge in [0.2, 0.25) is 11.8 Å². The highest BCUT2D eigenvalue weighted by atomic mass is 32.2. The molecule has 0 N–H and O–H groups in total. The molecule has 1 aromatic rings. The number of likely N-dealkylation sites (tertiary alicyclic amines) is 1. The minimum Gasteiger partial charge on any atom is -0.342 e. The van der Waals surface area contributed by atoms with Crippen LogP contribution >= 0.6 is 11.8 Å². The number of hydrogen-bond acceptors (Lipinski definition) is 3. The van der Waals surface area contributed by atoms with Crippen LogP contribution in [-0.2, 0) is 16.0 Å². The normalized spacial score (nSPS) is 21.9. The van der Waals surface area contributed by atoms with Gasteiger partial charge in [0.25, 0.3) is 0 Å². The van der Waals surface area contributed by atoms with Crippen molar-refractivity contribution in [1.29, 1.82) is 0 Å². The molecule has 1 atom stereocenters. The van der Waals surface area contributed by atoms with Gasteiger partial charge >= 0.3 is 0 Å². The van der Waals surface area contributed by atoms with Gasteiger partial charge in [-0.25, -0.2) is 4.39 Å². The van der Waals surface area contributed by atoms with E-state index in [-0.39, 0.29) is 23.5 Å². The third-order valence-corrected chi connectivity index (χ3v) is 5.67. The number of carbonyl (C=O) groups excluding carboxylic acids is 2. The van der Waals surface area contributed by atoms with Crippen molar-refractivity contribution in [2.45, 2.75) is 19.3 Å². The smallest absolute Gasteiger partial charge is 0.227 e. The van der Waals surface area contributed by atoms with Crippen LogP contribution < -0.4 is 0 Å². The van der Waals surface area contributed by atoms with Crippen LogP contribution in [0.1, 0.15) is 18.4 Å². The molecule has 2 saturated heterocycles. The Morgan fingerprint density at radius 1 is 1.29 bits per heavy atom. The Bertz CT molecular complexity index is 604. The lowest BCUT2D eigenvalue weighted by molar-refractivity contribution is -0.142. The molecule has 2 amide bonds. The van der Waals surface area contributed by atoms with Crippen molar-refractivity contribution in [3.05, 3.63) is 35.6 Å². The number of thioether (sulfide) groups is 1.